The second-order valence-corrected chi connectivity index (χ2v) is 8.76. The van der Waals surface area contributed by atoms with E-state index in [4.69, 9.17) is 16.3 Å². The first-order valence-electron chi connectivity index (χ1n) is 9.66. The Balaban J connectivity index is 1.56. The zero-order valence-electron chi connectivity index (χ0n) is 16.0. The quantitative estimate of drug-likeness (QED) is 0.666. The first-order valence-corrected chi connectivity index (χ1v) is 10.0. The minimum Gasteiger partial charge on any atom is -0.410 e. The molecule has 0 aromatic heterocycles. The highest BCUT2D eigenvalue weighted by molar-refractivity contribution is 6.30. The summed E-state index contributed by atoms with van der Waals surface area (Å²) in [5.41, 5.74) is 2.28. The largest absolute Gasteiger partial charge is 0.412 e. The SMILES string of the molecule is CC1(C)CC(c2cc(Cl)ccc2F)Nc2ccc(OC(=O)NC3CCC3)cc21. The highest BCUT2D eigenvalue weighted by Crippen LogP contribution is 2.45. The molecule has 4 rings (SSSR count). The van der Waals surface area contributed by atoms with E-state index in [0.717, 1.165) is 30.5 Å². The lowest BCUT2D eigenvalue weighted by Gasteiger charge is -2.39. The highest BCUT2D eigenvalue weighted by Gasteiger charge is 2.35. The summed E-state index contributed by atoms with van der Waals surface area (Å²) in [6.45, 7) is 4.22. The summed E-state index contributed by atoms with van der Waals surface area (Å²) < 4.78 is 19.8. The third kappa shape index (κ3) is 3.81. The minimum atomic E-state index is -0.412. The zero-order chi connectivity index (χ0) is 19.9. The van der Waals surface area contributed by atoms with Gasteiger partial charge in [0.25, 0.3) is 0 Å². The van der Waals surface area contributed by atoms with Crippen molar-refractivity contribution in [2.45, 2.75) is 57.0 Å². The Hall–Kier alpha value is -2.27. The third-order valence-electron chi connectivity index (χ3n) is 5.74. The Labute approximate surface area is 169 Å². The molecule has 0 spiro atoms. The molecule has 148 valence electrons. The number of fused-ring (bicyclic) bond motifs is 1. The molecule has 28 heavy (non-hydrogen) atoms. The van der Waals surface area contributed by atoms with Gasteiger partial charge in [0.2, 0.25) is 0 Å². The van der Waals surface area contributed by atoms with Crippen LogP contribution in [0.2, 0.25) is 5.02 Å². The standard InChI is InChI=1S/C22H24ClFN2O2/c1-22(2)12-20(16-10-13(23)6-8-18(16)24)26-19-9-7-15(11-17(19)22)28-21(27)25-14-4-3-5-14/h6-11,14,20,26H,3-5,12H2,1-2H3,(H,25,27). The number of nitrogens with one attached hydrogen (secondary N) is 2. The summed E-state index contributed by atoms with van der Waals surface area (Å²) >= 11 is 6.08. The number of ether oxygens (including phenoxy) is 1. The van der Waals surface area contributed by atoms with Crippen LogP contribution in [0, 0.1) is 5.82 Å². The number of carbonyl (C=O) groups is 1. The van der Waals surface area contributed by atoms with Crippen LogP contribution in [-0.4, -0.2) is 12.1 Å². The Morgan fingerprint density at radius 3 is 2.75 bits per heavy atom. The van der Waals surface area contributed by atoms with E-state index >= 15 is 0 Å². The van der Waals surface area contributed by atoms with Crippen molar-refractivity contribution in [1.29, 1.82) is 0 Å². The van der Waals surface area contributed by atoms with Crippen molar-refractivity contribution in [2.75, 3.05) is 5.32 Å². The van der Waals surface area contributed by atoms with E-state index in [2.05, 4.69) is 24.5 Å². The third-order valence-corrected chi connectivity index (χ3v) is 5.97. The van der Waals surface area contributed by atoms with Crippen molar-refractivity contribution in [3.05, 3.63) is 58.4 Å². The molecule has 1 heterocycles. The van der Waals surface area contributed by atoms with Crippen molar-refractivity contribution >= 4 is 23.4 Å². The maximum absolute atomic E-state index is 14.4. The molecule has 0 saturated heterocycles. The van der Waals surface area contributed by atoms with E-state index in [1.807, 2.05) is 12.1 Å². The van der Waals surface area contributed by atoms with Gasteiger partial charge in [0.15, 0.2) is 0 Å². The fraction of sp³-hybridized carbons (Fsp3) is 0.409. The number of carbonyl (C=O) groups excluding carboxylic acids is 1. The summed E-state index contributed by atoms with van der Waals surface area (Å²) in [6.07, 6.45) is 3.45. The monoisotopic (exact) mass is 402 g/mol. The Morgan fingerprint density at radius 2 is 2.04 bits per heavy atom. The summed E-state index contributed by atoms with van der Waals surface area (Å²) in [4.78, 5) is 12.0. The normalized spacial score (nSPS) is 20.5. The number of benzene rings is 2. The molecule has 1 aliphatic heterocycles. The molecule has 0 radical (unpaired) electrons. The number of halogens is 2. The van der Waals surface area contributed by atoms with Gasteiger partial charge >= 0.3 is 6.09 Å². The maximum atomic E-state index is 14.4. The summed E-state index contributed by atoms with van der Waals surface area (Å²) in [5.74, 6) is 0.242. The van der Waals surface area contributed by atoms with Crippen LogP contribution in [0.15, 0.2) is 36.4 Å². The van der Waals surface area contributed by atoms with Crippen LogP contribution in [-0.2, 0) is 5.41 Å². The number of hydrogen-bond donors (Lipinski definition) is 2. The van der Waals surface area contributed by atoms with Crippen LogP contribution >= 0.6 is 11.6 Å². The maximum Gasteiger partial charge on any atom is 0.412 e. The second-order valence-electron chi connectivity index (χ2n) is 8.32. The van der Waals surface area contributed by atoms with E-state index in [0.29, 0.717) is 22.8 Å². The Kier molecular flexibility index (Phi) is 4.96. The van der Waals surface area contributed by atoms with Crippen molar-refractivity contribution in [1.82, 2.24) is 5.32 Å². The molecule has 4 nitrogen and oxygen atoms in total. The molecule has 1 saturated carbocycles. The fourth-order valence-electron chi connectivity index (χ4n) is 3.96. The lowest BCUT2D eigenvalue weighted by Crippen LogP contribution is -2.41. The lowest BCUT2D eigenvalue weighted by atomic mass is 9.74. The van der Waals surface area contributed by atoms with Crippen LogP contribution in [0.25, 0.3) is 0 Å². The molecule has 2 aromatic rings. The predicted octanol–water partition coefficient (Wildman–Crippen LogP) is 5.95. The Bertz CT molecular complexity index is 911. The van der Waals surface area contributed by atoms with Gasteiger partial charge in [-0.2, -0.15) is 0 Å². The average molecular weight is 403 g/mol. The summed E-state index contributed by atoms with van der Waals surface area (Å²) in [5, 5.41) is 6.80. The van der Waals surface area contributed by atoms with E-state index in [1.165, 1.54) is 6.07 Å². The molecule has 2 aliphatic rings. The molecular formula is C22H24ClFN2O2. The van der Waals surface area contributed by atoms with E-state index < -0.39 is 6.09 Å². The van der Waals surface area contributed by atoms with Crippen LogP contribution in [0.1, 0.15) is 56.7 Å². The van der Waals surface area contributed by atoms with Crippen LogP contribution in [0.3, 0.4) is 0 Å². The van der Waals surface area contributed by atoms with Gasteiger partial charge < -0.3 is 15.4 Å². The topological polar surface area (TPSA) is 50.4 Å². The molecule has 2 aromatic carbocycles. The van der Waals surface area contributed by atoms with Crippen molar-refractivity contribution in [3.8, 4) is 5.75 Å². The van der Waals surface area contributed by atoms with Gasteiger partial charge in [-0.3, -0.25) is 0 Å². The molecule has 2 N–H and O–H groups in total. The molecule has 1 unspecified atom stereocenters. The van der Waals surface area contributed by atoms with Crippen molar-refractivity contribution in [2.24, 2.45) is 0 Å². The van der Waals surface area contributed by atoms with Crippen LogP contribution in [0.5, 0.6) is 5.75 Å². The molecule has 6 heteroatoms. The number of anilines is 1. The molecule has 1 aliphatic carbocycles. The molecule has 1 atom stereocenters. The smallest absolute Gasteiger partial charge is 0.410 e. The van der Waals surface area contributed by atoms with Gasteiger partial charge in [0.1, 0.15) is 11.6 Å². The number of rotatable bonds is 3. The van der Waals surface area contributed by atoms with Gasteiger partial charge in [-0.25, -0.2) is 9.18 Å². The van der Waals surface area contributed by atoms with Gasteiger partial charge in [0, 0.05) is 22.3 Å². The van der Waals surface area contributed by atoms with Gasteiger partial charge in [0.05, 0.1) is 6.04 Å². The summed E-state index contributed by atoms with van der Waals surface area (Å²) in [6, 6.07) is 10.2. The minimum absolute atomic E-state index is 0.185. The van der Waals surface area contributed by atoms with Gasteiger partial charge in [-0.05, 0) is 73.1 Å². The highest BCUT2D eigenvalue weighted by atomic mass is 35.5. The molecule has 1 fully saturated rings. The van der Waals surface area contributed by atoms with Gasteiger partial charge in [-0.1, -0.05) is 25.4 Å². The van der Waals surface area contributed by atoms with E-state index in [-0.39, 0.29) is 23.3 Å². The summed E-state index contributed by atoms with van der Waals surface area (Å²) in [7, 11) is 0. The van der Waals surface area contributed by atoms with Gasteiger partial charge in [-0.15, -0.1) is 0 Å². The fourth-order valence-corrected chi connectivity index (χ4v) is 4.14. The Morgan fingerprint density at radius 1 is 1.25 bits per heavy atom. The average Bonchev–Trinajstić information content (AvgIpc) is 2.60. The zero-order valence-corrected chi connectivity index (χ0v) is 16.8. The van der Waals surface area contributed by atoms with Crippen LogP contribution < -0.4 is 15.4 Å². The molecular weight excluding hydrogens is 379 g/mol. The van der Waals surface area contributed by atoms with E-state index in [9.17, 15) is 9.18 Å². The predicted molar refractivity (Wildman–Crippen MR) is 109 cm³/mol. The number of hydrogen-bond acceptors (Lipinski definition) is 3. The van der Waals surface area contributed by atoms with Crippen molar-refractivity contribution in [3.63, 3.8) is 0 Å². The van der Waals surface area contributed by atoms with Crippen molar-refractivity contribution < 1.29 is 13.9 Å². The number of amides is 1. The first-order chi connectivity index (χ1) is 13.3. The van der Waals surface area contributed by atoms with E-state index in [1.54, 1.807) is 18.2 Å². The second kappa shape index (κ2) is 7.28. The first kappa shape index (κ1) is 19.1. The molecule has 0 bridgehead atoms. The molecule has 1 amide bonds. The lowest BCUT2D eigenvalue weighted by molar-refractivity contribution is 0.188. The van der Waals surface area contributed by atoms with Crippen LogP contribution in [0.4, 0.5) is 14.9 Å².